The van der Waals surface area contributed by atoms with Gasteiger partial charge in [0, 0.05) is 30.1 Å². The minimum atomic E-state index is -3.95. The Kier molecular flexibility index (Phi) is 9.73. The van der Waals surface area contributed by atoms with E-state index in [2.05, 4.69) is 34.8 Å². The summed E-state index contributed by atoms with van der Waals surface area (Å²) in [5, 5.41) is 9.40. The Hall–Kier alpha value is -3.02. The molecular weight excluding hydrogens is 582 g/mol. The van der Waals surface area contributed by atoms with Crippen molar-refractivity contribution in [2.45, 2.75) is 71.2 Å². The summed E-state index contributed by atoms with van der Waals surface area (Å²) in [7, 11) is -3.95. The Morgan fingerprint density at radius 2 is 1.86 bits per heavy atom. The first-order valence-corrected chi connectivity index (χ1v) is 17.4. The number of hydrogen-bond acceptors (Lipinski definition) is 6. The molecule has 5 rings (SSSR count). The second-order valence-corrected chi connectivity index (χ2v) is 15.2. The predicted molar refractivity (Wildman–Crippen MR) is 171 cm³/mol. The van der Waals surface area contributed by atoms with Gasteiger partial charge in [0.15, 0.2) is 0 Å². The lowest BCUT2D eigenvalue weighted by Crippen LogP contribution is -2.44. The van der Waals surface area contributed by atoms with Crippen LogP contribution in [0.4, 0.5) is 5.69 Å². The van der Waals surface area contributed by atoms with Crippen molar-refractivity contribution in [1.82, 2.24) is 4.72 Å². The van der Waals surface area contributed by atoms with Crippen LogP contribution in [0.5, 0.6) is 5.75 Å². The summed E-state index contributed by atoms with van der Waals surface area (Å²) in [6.07, 6.45) is 9.20. The Labute approximate surface area is 261 Å². The number of carbonyl (C=O) groups is 1. The van der Waals surface area contributed by atoms with Crippen LogP contribution in [-0.4, -0.2) is 32.7 Å². The molecular formula is C34H42ClN3O4S. The molecule has 1 amide bonds. The quantitative estimate of drug-likeness (QED) is 0.347. The first-order valence-electron chi connectivity index (χ1n) is 15.5. The summed E-state index contributed by atoms with van der Waals surface area (Å²) < 4.78 is 35.4. The number of hydrogen-bond donors (Lipinski definition) is 1. The molecule has 1 N–H and O–H groups in total. The lowest BCUT2D eigenvalue weighted by Gasteiger charge is -2.45. The van der Waals surface area contributed by atoms with Crippen molar-refractivity contribution in [2.24, 2.45) is 29.6 Å². The third-order valence-corrected chi connectivity index (χ3v) is 11.9. The van der Waals surface area contributed by atoms with Gasteiger partial charge in [-0.1, -0.05) is 43.7 Å². The molecule has 1 aliphatic carbocycles. The maximum Gasteiger partial charge on any atom is 0.264 e. The number of halogens is 1. The number of benzene rings is 2. The van der Waals surface area contributed by atoms with E-state index in [1.807, 2.05) is 25.1 Å². The molecule has 7 nitrogen and oxygen atoms in total. The van der Waals surface area contributed by atoms with Crippen molar-refractivity contribution in [1.29, 1.82) is 5.26 Å². The van der Waals surface area contributed by atoms with Crippen LogP contribution in [0.3, 0.4) is 0 Å². The number of nitrogens with one attached hydrogen (secondary N) is 1. The molecule has 230 valence electrons. The average molecular weight is 624 g/mol. The monoisotopic (exact) mass is 623 g/mol. The summed E-state index contributed by atoms with van der Waals surface area (Å²) >= 11 is 6.32. The van der Waals surface area contributed by atoms with E-state index in [0.717, 1.165) is 50.0 Å². The minimum Gasteiger partial charge on any atom is -0.487 e. The topological polar surface area (TPSA) is 99.5 Å². The number of amides is 1. The molecule has 3 aliphatic rings. The molecule has 2 aliphatic heterocycles. The number of aryl methyl sites for hydroxylation is 1. The van der Waals surface area contributed by atoms with Crippen molar-refractivity contribution in [3.8, 4) is 11.8 Å². The van der Waals surface area contributed by atoms with E-state index >= 15 is 0 Å². The summed E-state index contributed by atoms with van der Waals surface area (Å²) in [5.74, 6) is 1.05. The Morgan fingerprint density at radius 1 is 1.05 bits per heavy atom. The highest BCUT2D eigenvalue weighted by molar-refractivity contribution is 7.90. The number of rotatable bonds is 1. The average Bonchev–Trinajstić information content (AvgIpc) is 2.99. The van der Waals surface area contributed by atoms with Gasteiger partial charge in [0.05, 0.1) is 17.0 Å². The zero-order chi connectivity index (χ0) is 30.7. The van der Waals surface area contributed by atoms with Crippen LogP contribution in [0.2, 0.25) is 5.02 Å². The summed E-state index contributed by atoms with van der Waals surface area (Å²) in [5.41, 5.74) is 3.35. The van der Waals surface area contributed by atoms with Crippen LogP contribution in [0, 0.1) is 40.9 Å². The van der Waals surface area contributed by atoms with Gasteiger partial charge in [-0.15, -0.1) is 0 Å². The Morgan fingerprint density at radius 3 is 2.63 bits per heavy atom. The molecule has 43 heavy (non-hydrogen) atoms. The van der Waals surface area contributed by atoms with Crippen LogP contribution in [0.15, 0.2) is 48.6 Å². The van der Waals surface area contributed by atoms with Gasteiger partial charge in [-0.2, -0.15) is 5.26 Å². The van der Waals surface area contributed by atoms with E-state index in [1.54, 1.807) is 25.1 Å². The number of anilines is 1. The van der Waals surface area contributed by atoms with Gasteiger partial charge < -0.3 is 9.64 Å². The number of nitrogens with zero attached hydrogens (tertiary/aromatic N) is 2. The Balaban J connectivity index is 1.55. The fourth-order valence-corrected chi connectivity index (χ4v) is 8.26. The van der Waals surface area contributed by atoms with Gasteiger partial charge in [0.1, 0.15) is 12.4 Å². The molecule has 6 atom stereocenters. The Bertz CT molecular complexity index is 1520. The first kappa shape index (κ1) is 31.4. The molecule has 0 aromatic heterocycles. The molecule has 2 aromatic carbocycles. The third-order valence-electron chi connectivity index (χ3n) is 9.78. The zero-order valence-electron chi connectivity index (χ0n) is 25.3. The highest BCUT2D eigenvalue weighted by Gasteiger charge is 2.38. The lowest BCUT2D eigenvalue weighted by molar-refractivity contribution is 0.0980. The maximum atomic E-state index is 13.4. The normalized spacial score (nSPS) is 30.1. The minimum absolute atomic E-state index is 0.0432. The number of allylic oxidation sites excluding steroid dienone is 2. The van der Waals surface area contributed by atoms with Crippen molar-refractivity contribution in [3.63, 3.8) is 0 Å². The third kappa shape index (κ3) is 7.21. The van der Waals surface area contributed by atoms with Crippen molar-refractivity contribution in [3.05, 3.63) is 70.3 Å². The van der Waals surface area contributed by atoms with E-state index in [4.69, 9.17) is 16.3 Å². The second-order valence-electron chi connectivity index (χ2n) is 12.7. The fourth-order valence-electron chi connectivity index (χ4n) is 6.78. The SMILES string of the molecule is C[C@@H]1C[C@H]2/C=C/[C@@H](CC#N)C[C@H](C)[C@@H](C)S(=O)(=O)NC(=O)c3ccc4c(c3)N(CCCCc3cc(Cl)ccc3CO4)C[C@H]12. The molecule has 0 unspecified atom stereocenters. The number of carbonyl (C=O) groups excluding carboxylic acids is 1. The first-order chi connectivity index (χ1) is 20.6. The molecule has 1 fully saturated rings. The number of sulfonamides is 1. The van der Waals surface area contributed by atoms with Gasteiger partial charge in [0.2, 0.25) is 10.0 Å². The highest BCUT2D eigenvalue weighted by Crippen LogP contribution is 2.44. The standard InChI is InChI=1S/C34H42ClN3O4S/c1-22-16-25(13-14-36)7-8-27-17-23(2)31(27)20-38-15-5-4-6-26-18-30(35)11-9-29(26)21-42-33-12-10-28(19-32(33)38)34(39)37-43(40,41)24(22)3/h7-12,18-19,22-25,27,31H,4-6,13,15-17,20-21H2,1-3H3,(H,37,39)/b8-7+/t22-,23+,24+,25-,27+,31+/m0/s1. The van der Waals surface area contributed by atoms with Crippen LogP contribution in [-0.2, 0) is 23.1 Å². The number of fused-ring (bicyclic) bond motifs is 3. The molecule has 1 saturated carbocycles. The van der Waals surface area contributed by atoms with Crippen LogP contribution < -0.4 is 14.4 Å². The zero-order valence-corrected chi connectivity index (χ0v) is 26.8. The largest absolute Gasteiger partial charge is 0.487 e. The maximum absolute atomic E-state index is 13.4. The lowest BCUT2D eigenvalue weighted by atomic mass is 9.65. The van der Waals surface area contributed by atoms with Gasteiger partial charge in [-0.3, -0.25) is 4.79 Å². The van der Waals surface area contributed by atoms with Crippen LogP contribution >= 0.6 is 11.6 Å². The van der Waals surface area contributed by atoms with E-state index in [0.29, 0.717) is 48.0 Å². The molecule has 0 radical (unpaired) electrons. The van der Waals surface area contributed by atoms with E-state index in [1.165, 1.54) is 5.56 Å². The summed E-state index contributed by atoms with van der Waals surface area (Å²) in [4.78, 5) is 15.7. The molecule has 0 saturated heterocycles. The molecule has 2 heterocycles. The summed E-state index contributed by atoms with van der Waals surface area (Å²) in [6.45, 7) is 7.75. The molecule has 0 spiro atoms. The van der Waals surface area contributed by atoms with Gasteiger partial charge in [-0.05, 0) is 110 Å². The van der Waals surface area contributed by atoms with E-state index in [9.17, 15) is 18.5 Å². The summed E-state index contributed by atoms with van der Waals surface area (Å²) in [6, 6.07) is 13.4. The van der Waals surface area contributed by atoms with Gasteiger partial charge in [-0.25, -0.2) is 13.1 Å². The van der Waals surface area contributed by atoms with Gasteiger partial charge >= 0.3 is 0 Å². The number of ether oxygens (including phenoxy) is 1. The molecule has 2 aromatic rings. The predicted octanol–water partition coefficient (Wildman–Crippen LogP) is 6.91. The molecule has 9 heteroatoms. The highest BCUT2D eigenvalue weighted by atomic mass is 35.5. The van der Waals surface area contributed by atoms with Crippen molar-refractivity contribution in [2.75, 3.05) is 18.0 Å². The smallest absolute Gasteiger partial charge is 0.264 e. The van der Waals surface area contributed by atoms with E-state index in [-0.39, 0.29) is 17.4 Å². The fraction of sp³-hybridized carbons (Fsp3) is 0.529. The van der Waals surface area contributed by atoms with E-state index < -0.39 is 21.2 Å². The number of nitriles is 1. The van der Waals surface area contributed by atoms with Crippen LogP contribution in [0.1, 0.15) is 74.4 Å². The van der Waals surface area contributed by atoms with Gasteiger partial charge in [0.25, 0.3) is 5.91 Å². The van der Waals surface area contributed by atoms with Crippen molar-refractivity contribution < 1.29 is 17.9 Å². The van der Waals surface area contributed by atoms with Crippen LogP contribution in [0.25, 0.3) is 0 Å². The molecule has 2 bridgehead atoms. The second kappa shape index (κ2) is 13.3. The van der Waals surface area contributed by atoms with Crippen molar-refractivity contribution >= 4 is 33.2 Å².